The predicted octanol–water partition coefficient (Wildman–Crippen LogP) is 5.92. The molecule has 162 valence electrons. The van der Waals surface area contributed by atoms with Crippen LogP contribution in [0.25, 0.3) is 6.08 Å². The van der Waals surface area contributed by atoms with Gasteiger partial charge in [-0.25, -0.2) is 0 Å². The fraction of sp³-hybridized carbons (Fsp3) is 0.154. The minimum absolute atomic E-state index is 0.0471. The smallest absolute Gasteiger partial charge is 0.266 e. The van der Waals surface area contributed by atoms with Crippen molar-refractivity contribution < 1.29 is 14.6 Å². The van der Waals surface area contributed by atoms with Crippen molar-refractivity contribution in [2.45, 2.75) is 20.3 Å². The maximum Gasteiger partial charge on any atom is 0.266 e. The molecule has 2 N–H and O–H groups in total. The molecule has 0 aliphatic heterocycles. The average Bonchev–Trinajstić information content (AvgIpc) is 2.74. The number of aryl methyl sites for hydroxylation is 2. The highest BCUT2D eigenvalue weighted by Crippen LogP contribution is 2.32. The standard InChI is InChI=1S/C26H23BrN2O3/c1-16-8-17(2)10-18(9-16)12-23-24(27)13-19(14-25(23)32-3)11-20(15-28)26(31)29-21-4-6-22(30)7-5-21/h4-11,13-14,30H,12H2,1-3H3,(H,29,31)/b20-11+. The van der Waals surface area contributed by atoms with E-state index < -0.39 is 5.91 Å². The number of nitrogens with zero attached hydrogens (tertiary/aromatic N) is 1. The molecule has 0 aliphatic carbocycles. The molecule has 0 aromatic heterocycles. The number of carbonyl (C=O) groups is 1. The van der Waals surface area contributed by atoms with E-state index in [-0.39, 0.29) is 11.3 Å². The number of halogens is 1. The molecule has 5 nitrogen and oxygen atoms in total. The lowest BCUT2D eigenvalue weighted by molar-refractivity contribution is -0.112. The van der Waals surface area contributed by atoms with E-state index >= 15 is 0 Å². The van der Waals surface area contributed by atoms with Gasteiger partial charge in [-0.3, -0.25) is 4.79 Å². The molecule has 0 fully saturated rings. The van der Waals surface area contributed by atoms with Gasteiger partial charge in [-0.1, -0.05) is 45.3 Å². The van der Waals surface area contributed by atoms with E-state index in [1.54, 1.807) is 19.2 Å². The van der Waals surface area contributed by atoms with Crippen LogP contribution in [-0.2, 0) is 11.2 Å². The molecular formula is C26H23BrN2O3. The number of hydrogen-bond donors (Lipinski definition) is 2. The summed E-state index contributed by atoms with van der Waals surface area (Å²) in [6.45, 7) is 4.15. The van der Waals surface area contributed by atoms with Gasteiger partial charge in [0.2, 0.25) is 0 Å². The lowest BCUT2D eigenvalue weighted by Crippen LogP contribution is -2.13. The molecule has 1 amide bonds. The Labute approximate surface area is 196 Å². The fourth-order valence-electron chi connectivity index (χ4n) is 3.50. The van der Waals surface area contributed by atoms with Crippen LogP contribution in [0.2, 0.25) is 0 Å². The van der Waals surface area contributed by atoms with Crippen LogP contribution < -0.4 is 10.1 Å². The SMILES string of the molecule is COc1cc(/C=C(\C#N)C(=O)Nc2ccc(O)cc2)cc(Br)c1Cc1cc(C)cc(C)c1. The third-order valence-corrected chi connectivity index (χ3v) is 5.57. The van der Waals surface area contributed by atoms with E-state index in [2.05, 4.69) is 53.3 Å². The zero-order chi connectivity index (χ0) is 23.3. The summed E-state index contributed by atoms with van der Waals surface area (Å²) in [5, 5.41) is 21.5. The number of phenols is 1. The van der Waals surface area contributed by atoms with Gasteiger partial charge in [0.15, 0.2) is 0 Å². The molecular weight excluding hydrogens is 468 g/mol. The third-order valence-electron chi connectivity index (χ3n) is 4.86. The normalized spacial score (nSPS) is 11.0. The monoisotopic (exact) mass is 490 g/mol. The van der Waals surface area contributed by atoms with Gasteiger partial charge in [-0.2, -0.15) is 5.26 Å². The second-order valence-corrected chi connectivity index (χ2v) is 8.38. The number of nitriles is 1. The number of carbonyl (C=O) groups excluding carboxylic acids is 1. The molecule has 0 saturated heterocycles. The van der Waals surface area contributed by atoms with Crippen LogP contribution in [-0.4, -0.2) is 18.1 Å². The van der Waals surface area contributed by atoms with E-state index in [9.17, 15) is 15.2 Å². The largest absolute Gasteiger partial charge is 0.508 e. The van der Waals surface area contributed by atoms with Crippen molar-refractivity contribution in [3.63, 3.8) is 0 Å². The molecule has 0 heterocycles. The van der Waals surface area contributed by atoms with Crippen LogP contribution >= 0.6 is 15.9 Å². The molecule has 3 rings (SSSR count). The minimum Gasteiger partial charge on any atom is -0.508 e. The Bertz CT molecular complexity index is 1200. The maximum absolute atomic E-state index is 12.5. The molecule has 3 aromatic carbocycles. The first kappa shape index (κ1) is 23.1. The highest BCUT2D eigenvalue weighted by molar-refractivity contribution is 9.10. The van der Waals surface area contributed by atoms with Gasteiger partial charge in [0.1, 0.15) is 23.1 Å². The molecule has 0 spiro atoms. The Kier molecular flexibility index (Phi) is 7.34. The molecule has 0 atom stereocenters. The summed E-state index contributed by atoms with van der Waals surface area (Å²) in [6, 6.07) is 18.1. The van der Waals surface area contributed by atoms with Crippen molar-refractivity contribution in [1.82, 2.24) is 0 Å². The minimum atomic E-state index is -0.535. The zero-order valence-electron chi connectivity index (χ0n) is 18.1. The number of nitrogens with one attached hydrogen (secondary N) is 1. The quantitative estimate of drug-likeness (QED) is 0.255. The van der Waals surface area contributed by atoms with Gasteiger partial charge in [0.05, 0.1) is 7.11 Å². The second-order valence-electron chi connectivity index (χ2n) is 7.53. The molecule has 0 saturated carbocycles. The number of ether oxygens (including phenoxy) is 1. The highest BCUT2D eigenvalue weighted by atomic mass is 79.9. The summed E-state index contributed by atoms with van der Waals surface area (Å²) >= 11 is 3.63. The van der Waals surface area contributed by atoms with Crippen LogP contribution in [0.15, 0.2) is 64.6 Å². The molecule has 0 radical (unpaired) electrons. The Balaban J connectivity index is 1.89. The number of amides is 1. The second kappa shape index (κ2) is 10.2. The molecule has 0 bridgehead atoms. The summed E-state index contributed by atoms with van der Waals surface area (Å²) in [5.74, 6) is 0.227. The van der Waals surface area contributed by atoms with E-state index in [0.717, 1.165) is 10.0 Å². The molecule has 0 unspecified atom stereocenters. The van der Waals surface area contributed by atoms with Crippen molar-refractivity contribution in [3.05, 3.63) is 92.5 Å². The number of aromatic hydroxyl groups is 1. The maximum atomic E-state index is 12.5. The highest BCUT2D eigenvalue weighted by Gasteiger charge is 2.14. The Morgan fingerprint density at radius 1 is 1.12 bits per heavy atom. The number of hydrogen-bond acceptors (Lipinski definition) is 4. The van der Waals surface area contributed by atoms with Gasteiger partial charge >= 0.3 is 0 Å². The van der Waals surface area contributed by atoms with E-state index in [1.165, 1.54) is 34.9 Å². The van der Waals surface area contributed by atoms with E-state index in [4.69, 9.17) is 4.74 Å². The van der Waals surface area contributed by atoms with Crippen LogP contribution in [0, 0.1) is 25.2 Å². The van der Waals surface area contributed by atoms with Crippen molar-refractivity contribution in [1.29, 1.82) is 5.26 Å². The van der Waals surface area contributed by atoms with Crippen molar-refractivity contribution in [3.8, 4) is 17.6 Å². The third kappa shape index (κ3) is 5.77. The molecule has 6 heteroatoms. The Hall–Kier alpha value is -3.56. The summed E-state index contributed by atoms with van der Waals surface area (Å²) in [7, 11) is 1.60. The number of benzene rings is 3. The number of anilines is 1. The van der Waals surface area contributed by atoms with Crippen LogP contribution in [0.4, 0.5) is 5.69 Å². The van der Waals surface area contributed by atoms with Gasteiger partial charge in [0, 0.05) is 22.1 Å². The van der Waals surface area contributed by atoms with Gasteiger partial charge in [0.25, 0.3) is 5.91 Å². The summed E-state index contributed by atoms with van der Waals surface area (Å²) in [6.07, 6.45) is 2.20. The predicted molar refractivity (Wildman–Crippen MR) is 130 cm³/mol. The van der Waals surface area contributed by atoms with Crippen molar-refractivity contribution in [2.75, 3.05) is 12.4 Å². The Morgan fingerprint density at radius 2 is 1.78 bits per heavy atom. The average molecular weight is 491 g/mol. The van der Waals surface area contributed by atoms with E-state index in [1.807, 2.05) is 18.2 Å². The number of rotatable bonds is 6. The topological polar surface area (TPSA) is 82.3 Å². The zero-order valence-corrected chi connectivity index (χ0v) is 19.7. The first-order valence-corrected chi connectivity index (χ1v) is 10.7. The van der Waals surface area contributed by atoms with Crippen molar-refractivity contribution >= 4 is 33.6 Å². The molecule has 0 aliphatic rings. The first-order chi connectivity index (χ1) is 15.3. The Morgan fingerprint density at radius 3 is 2.38 bits per heavy atom. The molecule has 32 heavy (non-hydrogen) atoms. The lowest BCUT2D eigenvalue weighted by Gasteiger charge is -2.13. The van der Waals surface area contributed by atoms with Gasteiger partial charge in [-0.05, 0) is 67.4 Å². The van der Waals surface area contributed by atoms with Gasteiger partial charge in [-0.15, -0.1) is 0 Å². The van der Waals surface area contributed by atoms with E-state index in [0.29, 0.717) is 23.4 Å². The van der Waals surface area contributed by atoms with Crippen LogP contribution in [0.3, 0.4) is 0 Å². The van der Waals surface area contributed by atoms with Crippen LogP contribution in [0.5, 0.6) is 11.5 Å². The summed E-state index contributed by atoms with van der Waals surface area (Å²) in [5.41, 5.74) is 5.67. The lowest BCUT2D eigenvalue weighted by atomic mass is 9.98. The number of phenolic OH excluding ortho intramolecular Hbond substituents is 1. The summed E-state index contributed by atoms with van der Waals surface area (Å²) in [4.78, 5) is 12.5. The number of methoxy groups -OCH3 is 1. The fourth-order valence-corrected chi connectivity index (χ4v) is 4.10. The van der Waals surface area contributed by atoms with Gasteiger partial charge < -0.3 is 15.2 Å². The van der Waals surface area contributed by atoms with Crippen molar-refractivity contribution in [2.24, 2.45) is 0 Å². The summed E-state index contributed by atoms with van der Waals surface area (Å²) < 4.78 is 6.45. The first-order valence-electron chi connectivity index (χ1n) is 9.95. The van der Waals surface area contributed by atoms with Crippen LogP contribution in [0.1, 0.15) is 27.8 Å². The molecule has 3 aromatic rings.